The molecule has 0 bridgehead atoms. The van der Waals surface area contributed by atoms with Crippen molar-refractivity contribution in [2.75, 3.05) is 20.1 Å². The van der Waals surface area contributed by atoms with Gasteiger partial charge in [-0.3, -0.25) is 4.79 Å². The van der Waals surface area contributed by atoms with E-state index in [0.717, 1.165) is 16.1 Å². The molecule has 24 heavy (non-hydrogen) atoms. The fourth-order valence-electron chi connectivity index (χ4n) is 3.17. The SMILES string of the molecule is CC1C(=O)N(C)Cc2c(Br)nc(C3CN(C(=O)OC(C)(C)C)C3)n21. The molecule has 0 saturated carbocycles. The van der Waals surface area contributed by atoms with Crippen LogP contribution < -0.4 is 0 Å². The van der Waals surface area contributed by atoms with Gasteiger partial charge in [0.1, 0.15) is 22.1 Å². The summed E-state index contributed by atoms with van der Waals surface area (Å²) in [5.41, 5.74) is 0.513. The van der Waals surface area contributed by atoms with Gasteiger partial charge in [0.05, 0.1) is 18.2 Å². The zero-order valence-corrected chi connectivity index (χ0v) is 16.3. The molecule has 7 nitrogen and oxygen atoms in total. The minimum atomic E-state index is -0.497. The number of halogens is 1. The van der Waals surface area contributed by atoms with Crippen molar-refractivity contribution in [3.05, 3.63) is 16.1 Å². The lowest BCUT2D eigenvalue weighted by Gasteiger charge is -2.40. The van der Waals surface area contributed by atoms with E-state index in [0.29, 0.717) is 19.6 Å². The third-order valence-corrected chi connectivity index (χ3v) is 5.03. The zero-order chi connectivity index (χ0) is 17.8. The number of ether oxygens (including phenoxy) is 1. The summed E-state index contributed by atoms with van der Waals surface area (Å²) in [5, 5.41) is 0. The molecule has 2 aliphatic rings. The van der Waals surface area contributed by atoms with Crippen LogP contribution in [0, 0.1) is 0 Å². The van der Waals surface area contributed by atoms with Gasteiger partial charge in [0, 0.05) is 20.1 Å². The summed E-state index contributed by atoms with van der Waals surface area (Å²) < 4.78 is 8.18. The molecule has 3 rings (SSSR count). The molecule has 1 aromatic rings. The molecule has 1 aromatic heterocycles. The average Bonchev–Trinajstić information content (AvgIpc) is 2.69. The van der Waals surface area contributed by atoms with E-state index in [1.807, 2.05) is 32.3 Å². The minimum Gasteiger partial charge on any atom is -0.444 e. The Morgan fingerprint density at radius 1 is 1.33 bits per heavy atom. The van der Waals surface area contributed by atoms with Crippen molar-refractivity contribution in [2.24, 2.45) is 0 Å². The van der Waals surface area contributed by atoms with Crippen LogP contribution in [0.5, 0.6) is 0 Å². The third-order valence-electron chi connectivity index (χ3n) is 4.39. The molecule has 0 aromatic carbocycles. The number of hydrogen-bond acceptors (Lipinski definition) is 4. The maximum atomic E-state index is 12.3. The number of aromatic nitrogens is 2. The second kappa shape index (κ2) is 5.75. The molecular weight excluding hydrogens is 376 g/mol. The molecule has 8 heteroatoms. The maximum Gasteiger partial charge on any atom is 0.410 e. The number of amides is 2. The van der Waals surface area contributed by atoms with Crippen LogP contribution in [0.1, 0.15) is 51.2 Å². The lowest BCUT2D eigenvalue weighted by atomic mass is 9.99. The summed E-state index contributed by atoms with van der Waals surface area (Å²) in [6.45, 7) is 9.13. The molecule has 0 spiro atoms. The first kappa shape index (κ1) is 17.3. The van der Waals surface area contributed by atoms with E-state index in [4.69, 9.17) is 4.74 Å². The number of hydrogen-bond donors (Lipinski definition) is 0. The highest BCUT2D eigenvalue weighted by atomic mass is 79.9. The van der Waals surface area contributed by atoms with Gasteiger partial charge in [0.15, 0.2) is 0 Å². The first-order valence-electron chi connectivity index (χ1n) is 8.08. The van der Waals surface area contributed by atoms with Crippen molar-refractivity contribution < 1.29 is 14.3 Å². The second-order valence-electron chi connectivity index (χ2n) is 7.53. The van der Waals surface area contributed by atoms with Gasteiger partial charge in [-0.1, -0.05) is 0 Å². The highest BCUT2D eigenvalue weighted by Gasteiger charge is 2.41. The molecule has 1 fully saturated rings. The Hall–Kier alpha value is -1.57. The highest BCUT2D eigenvalue weighted by molar-refractivity contribution is 9.10. The van der Waals surface area contributed by atoms with Crippen LogP contribution in [0.15, 0.2) is 4.60 Å². The van der Waals surface area contributed by atoms with Crippen LogP contribution in [-0.4, -0.2) is 57.1 Å². The van der Waals surface area contributed by atoms with E-state index < -0.39 is 5.60 Å². The third kappa shape index (κ3) is 2.92. The summed E-state index contributed by atoms with van der Waals surface area (Å²) in [7, 11) is 1.80. The smallest absolute Gasteiger partial charge is 0.410 e. The van der Waals surface area contributed by atoms with E-state index in [1.165, 1.54) is 0 Å². The van der Waals surface area contributed by atoms with E-state index in [9.17, 15) is 9.59 Å². The molecule has 1 saturated heterocycles. The van der Waals surface area contributed by atoms with Gasteiger partial charge < -0.3 is 19.1 Å². The molecule has 2 aliphatic heterocycles. The van der Waals surface area contributed by atoms with E-state index in [-0.39, 0.29) is 24.0 Å². The lowest BCUT2D eigenvalue weighted by molar-refractivity contribution is -0.135. The molecule has 3 heterocycles. The Morgan fingerprint density at radius 2 is 1.96 bits per heavy atom. The van der Waals surface area contributed by atoms with Crippen molar-refractivity contribution in [2.45, 2.75) is 51.8 Å². The average molecular weight is 399 g/mol. The lowest BCUT2D eigenvalue weighted by Crippen LogP contribution is -2.51. The number of rotatable bonds is 1. The Labute approximate surface area is 150 Å². The van der Waals surface area contributed by atoms with Gasteiger partial charge in [0.25, 0.3) is 0 Å². The van der Waals surface area contributed by atoms with Crippen LogP contribution in [0.25, 0.3) is 0 Å². The predicted molar refractivity (Wildman–Crippen MR) is 91.7 cm³/mol. The Kier molecular flexibility index (Phi) is 4.14. The van der Waals surface area contributed by atoms with Gasteiger partial charge >= 0.3 is 6.09 Å². The predicted octanol–water partition coefficient (Wildman–Crippen LogP) is 2.51. The van der Waals surface area contributed by atoms with Crippen molar-refractivity contribution in [1.82, 2.24) is 19.4 Å². The first-order chi connectivity index (χ1) is 11.1. The number of carbonyl (C=O) groups excluding carboxylic acids is 2. The Bertz CT molecular complexity index is 688. The number of fused-ring (bicyclic) bond motifs is 1. The Morgan fingerprint density at radius 3 is 2.54 bits per heavy atom. The number of imidazole rings is 1. The van der Waals surface area contributed by atoms with Gasteiger partial charge in [-0.2, -0.15) is 0 Å². The molecule has 132 valence electrons. The Balaban J connectivity index is 1.76. The molecule has 0 N–H and O–H groups in total. The van der Waals surface area contributed by atoms with Crippen molar-refractivity contribution in [3.8, 4) is 0 Å². The molecule has 0 radical (unpaired) electrons. The molecule has 2 amide bonds. The number of carbonyl (C=O) groups is 2. The number of likely N-dealkylation sites (N-methyl/N-ethyl adjacent to an activating group) is 1. The summed E-state index contributed by atoms with van der Waals surface area (Å²) in [6.07, 6.45) is -0.299. The topological polar surface area (TPSA) is 67.7 Å². The summed E-state index contributed by atoms with van der Waals surface area (Å²) >= 11 is 3.51. The first-order valence-corrected chi connectivity index (χ1v) is 8.87. The zero-order valence-electron chi connectivity index (χ0n) is 14.7. The summed E-state index contributed by atoms with van der Waals surface area (Å²) in [5.74, 6) is 1.07. The minimum absolute atomic E-state index is 0.0805. The van der Waals surface area contributed by atoms with Crippen molar-refractivity contribution in [1.29, 1.82) is 0 Å². The molecular formula is C16H23BrN4O3. The second-order valence-corrected chi connectivity index (χ2v) is 8.28. The summed E-state index contributed by atoms with van der Waals surface area (Å²) in [6, 6.07) is -0.275. The fourth-order valence-corrected chi connectivity index (χ4v) is 3.67. The van der Waals surface area contributed by atoms with Gasteiger partial charge in [-0.05, 0) is 43.6 Å². The van der Waals surface area contributed by atoms with Crippen LogP contribution >= 0.6 is 15.9 Å². The van der Waals surface area contributed by atoms with Crippen LogP contribution in [-0.2, 0) is 16.1 Å². The molecule has 1 atom stereocenters. The molecule has 0 aliphatic carbocycles. The van der Waals surface area contributed by atoms with Crippen LogP contribution in [0.3, 0.4) is 0 Å². The normalized spacial score (nSPS) is 21.6. The van der Waals surface area contributed by atoms with E-state index in [1.54, 1.807) is 16.8 Å². The highest BCUT2D eigenvalue weighted by Crippen LogP contribution is 2.35. The largest absolute Gasteiger partial charge is 0.444 e. The maximum absolute atomic E-state index is 12.3. The van der Waals surface area contributed by atoms with Gasteiger partial charge in [-0.15, -0.1) is 0 Å². The fraction of sp³-hybridized carbons (Fsp3) is 0.688. The van der Waals surface area contributed by atoms with E-state index >= 15 is 0 Å². The molecule has 1 unspecified atom stereocenters. The summed E-state index contributed by atoms with van der Waals surface area (Å²) in [4.78, 5) is 32.4. The van der Waals surface area contributed by atoms with Crippen molar-refractivity contribution in [3.63, 3.8) is 0 Å². The monoisotopic (exact) mass is 398 g/mol. The van der Waals surface area contributed by atoms with Gasteiger partial charge in [0.2, 0.25) is 5.91 Å². The van der Waals surface area contributed by atoms with E-state index in [2.05, 4.69) is 20.9 Å². The number of nitrogens with zero attached hydrogens (tertiary/aromatic N) is 4. The standard InChI is InChI=1S/C16H23BrN4O3/c1-9-14(22)19(5)8-11-12(17)18-13(21(9)11)10-6-20(7-10)15(23)24-16(2,3)4/h9-10H,6-8H2,1-5H3. The quantitative estimate of drug-likeness (QED) is 0.728. The van der Waals surface area contributed by atoms with Crippen LogP contribution in [0.4, 0.5) is 4.79 Å². The number of likely N-dealkylation sites (tertiary alicyclic amines) is 1. The van der Waals surface area contributed by atoms with Crippen molar-refractivity contribution >= 4 is 27.9 Å². The van der Waals surface area contributed by atoms with Gasteiger partial charge in [-0.25, -0.2) is 9.78 Å². The van der Waals surface area contributed by atoms with Crippen LogP contribution in [0.2, 0.25) is 0 Å².